The molecule has 84 valence electrons. The van der Waals surface area contributed by atoms with E-state index in [0.29, 0.717) is 5.92 Å². The lowest BCUT2D eigenvalue weighted by Crippen LogP contribution is -2.35. The summed E-state index contributed by atoms with van der Waals surface area (Å²) in [4.78, 5) is 0. The van der Waals surface area contributed by atoms with Crippen LogP contribution in [0.3, 0.4) is 0 Å². The Morgan fingerprint density at radius 1 is 1.43 bits per heavy atom. The van der Waals surface area contributed by atoms with Crippen molar-refractivity contribution in [3.05, 3.63) is 0 Å². The van der Waals surface area contributed by atoms with E-state index in [2.05, 4.69) is 19.2 Å². The van der Waals surface area contributed by atoms with Gasteiger partial charge in [-0.1, -0.05) is 26.7 Å². The molecule has 0 aromatic heterocycles. The first-order valence-electron chi connectivity index (χ1n) is 6.12. The van der Waals surface area contributed by atoms with Crippen molar-refractivity contribution in [2.24, 2.45) is 11.8 Å². The number of rotatable bonds is 5. The summed E-state index contributed by atoms with van der Waals surface area (Å²) in [5.74, 6) is 1.36. The van der Waals surface area contributed by atoms with Gasteiger partial charge in [-0.2, -0.15) is 0 Å². The van der Waals surface area contributed by atoms with Gasteiger partial charge in [0.2, 0.25) is 0 Å². The van der Waals surface area contributed by atoms with Gasteiger partial charge in [0.05, 0.1) is 6.10 Å². The molecule has 2 N–H and O–H groups in total. The van der Waals surface area contributed by atoms with E-state index in [1.54, 1.807) is 0 Å². The molecule has 0 bridgehead atoms. The van der Waals surface area contributed by atoms with Crippen LogP contribution in [-0.4, -0.2) is 24.3 Å². The van der Waals surface area contributed by atoms with Crippen molar-refractivity contribution >= 4 is 0 Å². The Morgan fingerprint density at radius 3 is 2.86 bits per heavy atom. The van der Waals surface area contributed by atoms with Gasteiger partial charge in [-0.05, 0) is 37.6 Å². The predicted molar refractivity (Wildman–Crippen MR) is 60.3 cm³/mol. The average Bonchev–Trinajstić information content (AvgIpc) is 2.18. The molecule has 0 aromatic carbocycles. The Hall–Kier alpha value is -0.0800. The van der Waals surface area contributed by atoms with E-state index in [1.807, 2.05) is 0 Å². The molecule has 0 radical (unpaired) electrons. The van der Waals surface area contributed by atoms with E-state index >= 15 is 0 Å². The van der Waals surface area contributed by atoms with Gasteiger partial charge in [-0.15, -0.1) is 0 Å². The van der Waals surface area contributed by atoms with E-state index in [4.69, 9.17) is 0 Å². The minimum Gasteiger partial charge on any atom is -0.392 e. The van der Waals surface area contributed by atoms with E-state index < -0.39 is 0 Å². The lowest BCUT2D eigenvalue weighted by Gasteiger charge is -2.30. The van der Waals surface area contributed by atoms with Crippen molar-refractivity contribution in [1.82, 2.24) is 5.32 Å². The second-order valence-corrected chi connectivity index (χ2v) is 4.80. The SMILES string of the molecule is CCCNCC(O)C1CCCC(C)C1. The third kappa shape index (κ3) is 3.97. The Balaban J connectivity index is 2.18. The molecule has 0 heterocycles. The van der Waals surface area contributed by atoms with Crippen LogP contribution >= 0.6 is 0 Å². The maximum absolute atomic E-state index is 9.96. The summed E-state index contributed by atoms with van der Waals surface area (Å²) in [6.07, 6.45) is 6.12. The third-order valence-electron chi connectivity index (χ3n) is 3.30. The summed E-state index contributed by atoms with van der Waals surface area (Å²) < 4.78 is 0. The van der Waals surface area contributed by atoms with Crippen LogP contribution in [0.15, 0.2) is 0 Å². The van der Waals surface area contributed by atoms with Gasteiger partial charge in [-0.25, -0.2) is 0 Å². The van der Waals surface area contributed by atoms with Crippen LogP contribution in [0.5, 0.6) is 0 Å². The van der Waals surface area contributed by atoms with Crippen LogP contribution in [0.25, 0.3) is 0 Å². The molecule has 3 unspecified atom stereocenters. The number of hydrogen-bond donors (Lipinski definition) is 2. The molecule has 2 nitrogen and oxygen atoms in total. The summed E-state index contributed by atoms with van der Waals surface area (Å²) in [6.45, 7) is 6.27. The predicted octanol–water partition coefficient (Wildman–Crippen LogP) is 2.17. The third-order valence-corrected chi connectivity index (χ3v) is 3.30. The van der Waals surface area contributed by atoms with Gasteiger partial charge in [0.25, 0.3) is 0 Å². The molecule has 3 atom stereocenters. The van der Waals surface area contributed by atoms with Gasteiger partial charge in [0.15, 0.2) is 0 Å². The smallest absolute Gasteiger partial charge is 0.0692 e. The number of hydrogen-bond acceptors (Lipinski definition) is 2. The second kappa shape index (κ2) is 6.41. The standard InChI is InChI=1S/C12H25NO/c1-3-7-13-9-12(14)11-6-4-5-10(2)8-11/h10-14H,3-9H2,1-2H3. The van der Waals surface area contributed by atoms with Crippen LogP contribution in [-0.2, 0) is 0 Å². The Kier molecular flexibility index (Phi) is 5.49. The molecular formula is C12H25NO. The fraction of sp³-hybridized carbons (Fsp3) is 1.00. The highest BCUT2D eigenvalue weighted by atomic mass is 16.3. The summed E-state index contributed by atoms with van der Waals surface area (Å²) >= 11 is 0. The number of aliphatic hydroxyl groups is 1. The first kappa shape index (κ1) is 12.0. The zero-order valence-electron chi connectivity index (χ0n) is 9.63. The highest BCUT2D eigenvalue weighted by molar-refractivity contribution is 4.77. The highest BCUT2D eigenvalue weighted by Gasteiger charge is 2.24. The summed E-state index contributed by atoms with van der Waals surface area (Å²) in [6, 6.07) is 0. The van der Waals surface area contributed by atoms with Crippen LogP contribution in [0, 0.1) is 11.8 Å². The highest BCUT2D eigenvalue weighted by Crippen LogP contribution is 2.30. The van der Waals surface area contributed by atoms with Crippen molar-refractivity contribution in [3.63, 3.8) is 0 Å². The van der Waals surface area contributed by atoms with E-state index in [-0.39, 0.29) is 6.10 Å². The first-order valence-corrected chi connectivity index (χ1v) is 6.12. The van der Waals surface area contributed by atoms with Crippen LogP contribution < -0.4 is 5.32 Å². The van der Waals surface area contributed by atoms with Gasteiger partial charge in [-0.3, -0.25) is 0 Å². The minimum absolute atomic E-state index is 0.121. The van der Waals surface area contributed by atoms with E-state index in [0.717, 1.165) is 25.4 Å². The molecule has 0 amide bonds. The van der Waals surface area contributed by atoms with Gasteiger partial charge in [0.1, 0.15) is 0 Å². The molecule has 0 saturated heterocycles. The molecule has 0 spiro atoms. The summed E-state index contributed by atoms with van der Waals surface area (Å²) in [5, 5.41) is 13.3. The first-order chi connectivity index (χ1) is 6.74. The minimum atomic E-state index is -0.121. The molecule has 1 aliphatic carbocycles. The normalized spacial score (nSPS) is 30.2. The van der Waals surface area contributed by atoms with E-state index in [1.165, 1.54) is 25.7 Å². The monoisotopic (exact) mass is 199 g/mol. The molecule has 0 aromatic rings. The second-order valence-electron chi connectivity index (χ2n) is 4.80. The maximum Gasteiger partial charge on any atom is 0.0692 e. The van der Waals surface area contributed by atoms with Crippen LogP contribution in [0.2, 0.25) is 0 Å². The number of aliphatic hydroxyl groups excluding tert-OH is 1. The van der Waals surface area contributed by atoms with Gasteiger partial charge >= 0.3 is 0 Å². The zero-order valence-corrected chi connectivity index (χ0v) is 9.63. The molecule has 1 aliphatic rings. The molecule has 14 heavy (non-hydrogen) atoms. The van der Waals surface area contributed by atoms with Crippen molar-refractivity contribution in [2.75, 3.05) is 13.1 Å². The van der Waals surface area contributed by atoms with Crippen molar-refractivity contribution in [3.8, 4) is 0 Å². The van der Waals surface area contributed by atoms with Crippen molar-refractivity contribution in [1.29, 1.82) is 0 Å². The van der Waals surface area contributed by atoms with E-state index in [9.17, 15) is 5.11 Å². The Labute approximate surface area is 88.1 Å². The number of nitrogens with one attached hydrogen (secondary N) is 1. The van der Waals surface area contributed by atoms with Crippen LogP contribution in [0.1, 0.15) is 46.0 Å². The molecule has 0 aliphatic heterocycles. The lowest BCUT2D eigenvalue weighted by atomic mass is 9.79. The largest absolute Gasteiger partial charge is 0.392 e. The Bertz CT molecular complexity index is 149. The average molecular weight is 199 g/mol. The lowest BCUT2D eigenvalue weighted by molar-refractivity contribution is 0.0715. The summed E-state index contributed by atoms with van der Waals surface area (Å²) in [7, 11) is 0. The van der Waals surface area contributed by atoms with Crippen LogP contribution in [0.4, 0.5) is 0 Å². The summed E-state index contributed by atoms with van der Waals surface area (Å²) in [5.41, 5.74) is 0. The zero-order chi connectivity index (χ0) is 10.4. The topological polar surface area (TPSA) is 32.3 Å². The molecule has 2 heteroatoms. The maximum atomic E-state index is 9.96. The quantitative estimate of drug-likeness (QED) is 0.665. The fourth-order valence-corrected chi connectivity index (χ4v) is 2.42. The van der Waals surface area contributed by atoms with Crippen molar-refractivity contribution in [2.45, 2.75) is 52.1 Å². The fourth-order valence-electron chi connectivity index (χ4n) is 2.42. The Morgan fingerprint density at radius 2 is 2.21 bits per heavy atom. The van der Waals surface area contributed by atoms with Gasteiger partial charge < -0.3 is 10.4 Å². The molecule has 1 saturated carbocycles. The molecule has 1 rings (SSSR count). The molecular weight excluding hydrogens is 174 g/mol. The van der Waals surface area contributed by atoms with Gasteiger partial charge in [0, 0.05) is 6.54 Å². The molecule has 1 fully saturated rings. The van der Waals surface area contributed by atoms with Crippen molar-refractivity contribution < 1.29 is 5.11 Å².